The van der Waals surface area contributed by atoms with E-state index in [-0.39, 0.29) is 0 Å². The van der Waals surface area contributed by atoms with Crippen LogP contribution in [0.4, 0.5) is 0 Å². The summed E-state index contributed by atoms with van der Waals surface area (Å²) in [6.45, 7) is 3.89. The summed E-state index contributed by atoms with van der Waals surface area (Å²) in [7, 11) is 0. The fourth-order valence-corrected chi connectivity index (χ4v) is 1.73. The lowest BCUT2D eigenvalue weighted by molar-refractivity contribution is 0.756. The summed E-state index contributed by atoms with van der Waals surface area (Å²) in [4.78, 5) is 4.46. The van der Waals surface area contributed by atoms with Crippen LogP contribution in [0.15, 0.2) is 36.4 Å². The van der Waals surface area contributed by atoms with Gasteiger partial charge in [0.25, 0.3) is 0 Å². The maximum atomic E-state index is 4.46. The van der Waals surface area contributed by atoms with E-state index in [0.29, 0.717) is 0 Å². The molecule has 0 spiro atoms. The van der Waals surface area contributed by atoms with Crippen molar-refractivity contribution in [2.45, 2.75) is 13.8 Å². The van der Waals surface area contributed by atoms with Crippen molar-refractivity contribution in [3.05, 3.63) is 47.8 Å². The van der Waals surface area contributed by atoms with Crippen LogP contribution in [-0.2, 0) is 0 Å². The van der Waals surface area contributed by atoms with Crippen LogP contribution in [0.25, 0.3) is 16.9 Å². The fourth-order valence-electron chi connectivity index (χ4n) is 1.73. The topological polar surface area (TPSA) is 43.1 Å². The highest BCUT2D eigenvalue weighted by atomic mass is 15.4. The first-order chi connectivity index (χ1) is 8.24. The van der Waals surface area contributed by atoms with Crippen molar-refractivity contribution < 1.29 is 0 Å². The second-order valence-corrected chi connectivity index (χ2v) is 4.03. The maximum absolute atomic E-state index is 4.46. The zero-order valence-electron chi connectivity index (χ0n) is 9.75. The van der Waals surface area contributed by atoms with E-state index in [2.05, 4.69) is 15.2 Å². The van der Waals surface area contributed by atoms with Gasteiger partial charge in [0, 0.05) is 11.6 Å². The lowest BCUT2D eigenvalue weighted by Crippen LogP contribution is -2.01. The molecule has 0 aliphatic heterocycles. The summed E-state index contributed by atoms with van der Waals surface area (Å²) in [5.74, 6) is 0. The molecule has 4 heteroatoms. The molecule has 0 N–H and O–H groups in total. The third-order valence-electron chi connectivity index (χ3n) is 2.79. The Hall–Kier alpha value is -2.23. The largest absolute Gasteiger partial charge is 0.230 e. The molecule has 0 fully saturated rings. The van der Waals surface area contributed by atoms with Gasteiger partial charge in [-0.1, -0.05) is 30.3 Å². The van der Waals surface area contributed by atoms with Gasteiger partial charge in [0.05, 0.1) is 17.1 Å². The SMILES string of the molecule is Cc1nc2cc(-c3ccccc3)nn2nc1C. The van der Waals surface area contributed by atoms with E-state index in [1.165, 1.54) is 0 Å². The maximum Gasteiger partial charge on any atom is 0.176 e. The van der Waals surface area contributed by atoms with E-state index >= 15 is 0 Å². The molecule has 0 aliphatic rings. The molecule has 0 bridgehead atoms. The number of aryl methyl sites for hydroxylation is 2. The minimum Gasteiger partial charge on any atom is -0.230 e. The van der Waals surface area contributed by atoms with Crippen LogP contribution in [-0.4, -0.2) is 19.8 Å². The monoisotopic (exact) mass is 224 g/mol. The number of rotatable bonds is 1. The van der Waals surface area contributed by atoms with E-state index in [0.717, 1.165) is 28.3 Å². The first-order valence-corrected chi connectivity index (χ1v) is 5.51. The van der Waals surface area contributed by atoms with Crippen LogP contribution in [0.2, 0.25) is 0 Å². The Morgan fingerprint density at radius 2 is 1.71 bits per heavy atom. The summed E-state index contributed by atoms with van der Waals surface area (Å²) in [5.41, 5.74) is 4.61. The molecule has 0 atom stereocenters. The number of nitrogens with zero attached hydrogens (tertiary/aromatic N) is 4. The van der Waals surface area contributed by atoms with Crippen LogP contribution in [0, 0.1) is 13.8 Å². The molecule has 2 heterocycles. The normalized spacial score (nSPS) is 10.9. The van der Waals surface area contributed by atoms with Crippen LogP contribution in [0.5, 0.6) is 0 Å². The number of hydrogen-bond donors (Lipinski definition) is 0. The molecule has 84 valence electrons. The first-order valence-electron chi connectivity index (χ1n) is 5.51. The zero-order valence-corrected chi connectivity index (χ0v) is 9.75. The van der Waals surface area contributed by atoms with Gasteiger partial charge in [0.2, 0.25) is 0 Å². The third kappa shape index (κ3) is 1.67. The molecule has 0 saturated carbocycles. The highest BCUT2D eigenvalue weighted by Crippen LogP contribution is 2.18. The molecular weight excluding hydrogens is 212 g/mol. The van der Waals surface area contributed by atoms with Gasteiger partial charge in [0.15, 0.2) is 5.65 Å². The zero-order chi connectivity index (χ0) is 11.8. The average molecular weight is 224 g/mol. The minimum atomic E-state index is 0.784. The summed E-state index contributed by atoms with van der Waals surface area (Å²) in [6.07, 6.45) is 0. The van der Waals surface area contributed by atoms with Crippen molar-refractivity contribution in [1.82, 2.24) is 19.8 Å². The standard InChI is InChI=1S/C13H12N4/c1-9-10(2)15-17-13(14-9)8-12(16-17)11-6-4-3-5-7-11/h3-8H,1-2H3. The van der Waals surface area contributed by atoms with Gasteiger partial charge < -0.3 is 0 Å². The van der Waals surface area contributed by atoms with Crippen molar-refractivity contribution in [2.24, 2.45) is 0 Å². The molecule has 4 nitrogen and oxygen atoms in total. The molecule has 2 aromatic heterocycles. The molecule has 3 aromatic rings. The molecular formula is C13H12N4. The Balaban J connectivity index is 2.21. The smallest absolute Gasteiger partial charge is 0.176 e. The van der Waals surface area contributed by atoms with E-state index in [9.17, 15) is 0 Å². The van der Waals surface area contributed by atoms with Gasteiger partial charge in [-0.05, 0) is 13.8 Å². The first kappa shape index (κ1) is 9.96. The summed E-state index contributed by atoms with van der Waals surface area (Å²) >= 11 is 0. The van der Waals surface area contributed by atoms with Crippen LogP contribution in [0.1, 0.15) is 11.4 Å². The molecule has 1 aromatic carbocycles. The highest BCUT2D eigenvalue weighted by molar-refractivity contribution is 5.63. The van der Waals surface area contributed by atoms with Gasteiger partial charge in [-0.3, -0.25) is 0 Å². The van der Waals surface area contributed by atoms with Gasteiger partial charge in [-0.15, -0.1) is 9.73 Å². The molecule has 0 amide bonds. The Labute approximate surface area is 98.9 Å². The Bertz CT molecular complexity index is 631. The van der Waals surface area contributed by atoms with Crippen molar-refractivity contribution in [3.63, 3.8) is 0 Å². The fraction of sp³-hybridized carbons (Fsp3) is 0.154. The molecule has 0 unspecified atom stereocenters. The van der Waals surface area contributed by atoms with E-state index < -0.39 is 0 Å². The Kier molecular flexibility index (Phi) is 2.14. The minimum absolute atomic E-state index is 0.784. The predicted molar refractivity (Wildman–Crippen MR) is 65.7 cm³/mol. The number of fused-ring (bicyclic) bond motifs is 1. The van der Waals surface area contributed by atoms with Crippen molar-refractivity contribution >= 4 is 5.65 Å². The number of hydrogen-bond acceptors (Lipinski definition) is 3. The molecule has 0 radical (unpaired) electrons. The lowest BCUT2D eigenvalue weighted by Gasteiger charge is -1.97. The quantitative estimate of drug-likeness (QED) is 0.637. The molecule has 0 aliphatic carbocycles. The Morgan fingerprint density at radius 3 is 2.47 bits per heavy atom. The predicted octanol–water partition coefficient (Wildman–Crippen LogP) is 2.41. The van der Waals surface area contributed by atoms with E-state index in [4.69, 9.17) is 0 Å². The lowest BCUT2D eigenvalue weighted by atomic mass is 10.2. The second-order valence-electron chi connectivity index (χ2n) is 4.03. The third-order valence-corrected chi connectivity index (χ3v) is 2.79. The average Bonchev–Trinajstić information content (AvgIpc) is 2.74. The van der Waals surface area contributed by atoms with E-state index in [1.807, 2.05) is 50.2 Å². The van der Waals surface area contributed by atoms with Gasteiger partial charge in [-0.25, -0.2) is 4.98 Å². The van der Waals surface area contributed by atoms with Gasteiger partial charge in [0.1, 0.15) is 0 Å². The van der Waals surface area contributed by atoms with Crippen LogP contribution >= 0.6 is 0 Å². The van der Waals surface area contributed by atoms with E-state index in [1.54, 1.807) is 4.63 Å². The molecule has 3 rings (SSSR count). The van der Waals surface area contributed by atoms with Crippen LogP contribution in [0.3, 0.4) is 0 Å². The summed E-state index contributed by atoms with van der Waals surface area (Å²) in [6, 6.07) is 12.0. The number of aromatic nitrogens is 4. The molecule has 0 saturated heterocycles. The van der Waals surface area contributed by atoms with Crippen molar-refractivity contribution in [3.8, 4) is 11.3 Å². The van der Waals surface area contributed by atoms with Gasteiger partial charge in [-0.2, -0.15) is 5.10 Å². The Morgan fingerprint density at radius 1 is 0.941 bits per heavy atom. The van der Waals surface area contributed by atoms with Crippen molar-refractivity contribution in [1.29, 1.82) is 0 Å². The number of benzene rings is 1. The second kappa shape index (κ2) is 3.66. The van der Waals surface area contributed by atoms with Crippen LogP contribution < -0.4 is 0 Å². The molecule has 17 heavy (non-hydrogen) atoms. The van der Waals surface area contributed by atoms with Crippen molar-refractivity contribution in [2.75, 3.05) is 0 Å². The summed E-state index contributed by atoms with van der Waals surface area (Å²) < 4.78 is 1.59. The van der Waals surface area contributed by atoms with Gasteiger partial charge >= 0.3 is 0 Å². The summed E-state index contributed by atoms with van der Waals surface area (Å²) in [5, 5.41) is 8.79. The highest BCUT2D eigenvalue weighted by Gasteiger charge is 2.07.